The second-order valence-corrected chi connectivity index (χ2v) is 4.90. The molecule has 112 valence electrons. The van der Waals surface area contributed by atoms with E-state index in [0.717, 1.165) is 24.2 Å². The number of hydrogen-bond acceptors (Lipinski definition) is 5. The van der Waals surface area contributed by atoms with Crippen LogP contribution in [0.2, 0.25) is 0 Å². The number of hydrogen-bond donors (Lipinski definition) is 1. The third-order valence-electron chi connectivity index (χ3n) is 3.30. The number of nitrogens with zero attached hydrogens (tertiary/aromatic N) is 2. The zero-order valence-electron chi connectivity index (χ0n) is 12.1. The number of benzene rings is 2. The number of fused-ring (bicyclic) bond motifs is 1. The molecule has 6 heteroatoms. The summed E-state index contributed by atoms with van der Waals surface area (Å²) in [6, 6.07) is 12.1. The average molecular weight is 297 g/mol. The first-order valence-corrected chi connectivity index (χ1v) is 7.07. The molecular formula is C16H15N3O3. The van der Waals surface area contributed by atoms with Crippen LogP contribution in [0.25, 0.3) is 22.6 Å². The van der Waals surface area contributed by atoms with Gasteiger partial charge in [0, 0.05) is 24.4 Å². The lowest BCUT2D eigenvalue weighted by molar-refractivity contribution is -0.384. The van der Waals surface area contributed by atoms with Crippen LogP contribution in [0.4, 0.5) is 11.4 Å². The van der Waals surface area contributed by atoms with E-state index in [1.807, 2.05) is 24.3 Å². The maximum Gasteiger partial charge on any atom is 0.270 e. The molecule has 0 fully saturated rings. The second-order valence-electron chi connectivity index (χ2n) is 4.90. The van der Waals surface area contributed by atoms with E-state index in [9.17, 15) is 10.1 Å². The summed E-state index contributed by atoms with van der Waals surface area (Å²) in [6.45, 7) is 2.82. The molecule has 0 saturated carbocycles. The van der Waals surface area contributed by atoms with Gasteiger partial charge in [-0.1, -0.05) is 19.1 Å². The van der Waals surface area contributed by atoms with Crippen LogP contribution in [0.5, 0.6) is 0 Å². The fraction of sp³-hybridized carbons (Fsp3) is 0.188. The summed E-state index contributed by atoms with van der Waals surface area (Å²) in [6.07, 6.45) is 0.948. The average Bonchev–Trinajstić information content (AvgIpc) is 2.96. The number of aromatic nitrogens is 1. The van der Waals surface area contributed by atoms with Crippen molar-refractivity contribution in [2.45, 2.75) is 13.3 Å². The maximum atomic E-state index is 11.0. The van der Waals surface area contributed by atoms with E-state index in [1.165, 1.54) is 12.1 Å². The molecule has 6 nitrogen and oxygen atoms in total. The van der Waals surface area contributed by atoms with Gasteiger partial charge in [0.15, 0.2) is 5.58 Å². The molecule has 3 aromatic rings. The van der Waals surface area contributed by atoms with Gasteiger partial charge in [-0.15, -0.1) is 0 Å². The highest BCUT2D eigenvalue weighted by Gasteiger charge is 2.16. The smallest absolute Gasteiger partial charge is 0.270 e. The molecule has 22 heavy (non-hydrogen) atoms. The molecule has 0 saturated heterocycles. The van der Waals surface area contributed by atoms with Gasteiger partial charge in [0.1, 0.15) is 5.52 Å². The van der Waals surface area contributed by atoms with Crippen LogP contribution >= 0.6 is 0 Å². The lowest BCUT2D eigenvalue weighted by Gasteiger charge is -2.08. The fourth-order valence-corrected chi connectivity index (χ4v) is 2.22. The van der Waals surface area contributed by atoms with Gasteiger partial charge in [0.2, 0.25) is 5.89 Å². The van der Waals surface area contributed by atoms with E-state index < -0.39 is 4.92 Å². The molecule has 0 radical (unpaired) electrons. The van der Waals surface area contributed by atoms with Crippen molar-refractivity contribution >= 4 is 22.5 Å². The van der Waals surface area contributed by atoms with Gasteiger partial charge in [0.25, 0.3) is 5.69 Å². The minimum atomic E-state index is -0.421. The quantitative estimate of drug-likeness (QED) is 0.563. The molecule has 0 unspecified atom stereocenters. The Labute approximate surface area is 126 Å². The SMILES string of the molecule is CCCNc1ccc([N+](=O)[O-])cc1-c1nc2ccccc2o1. The molecule has 0 aliphatic rings. The molecule has 1 N–H and O–H groups in total. The van der Waals surface area contributed by atoms with Crippen LogP contribution in [0, 0.1) is 10.1 Å². The highest BCUT2D eigenvalue weighted by Crippen LogP contribution is 2.33. The van der Waals surface area contributed by atoms with Crippen molar-refractivity contribution in [1.82, 2.24) is 4.98 Å². The Morgan fingerprint density at radius 2 is 2.09 bits per heavy atom. The van der Waals surface area contributed by atoms with Gasteiger partial charge in [-0.05, 0) is 24.6 Å². The molecule has 0 amide bonds. The topological polar surface area (TPSA) is 81.2 Å². The van der Waals surface area contributed by atoms with E-state index in [0.29, 0.717) is 17.0 Å². The molecule has 1 aromatic heterocycles. The number of anilines is 1. The summed E-state index contributed by atoms with van der Waals surface area (Å²) in [4.78, 5) is 15.0. The standard InChI is InChI=1S/C16H15N3O3/c1-2-9-17-13-8-7-11(19(20)21)10-12(13)16-18-14-5-3-4-6-15(14)22-16/h3-8,10,17H,2,9H2,1H3. The van der Waals surface area contributed by atoms with Gasteiger partial charge in [-0.25, -0.2) is 4.98 Å². The Hall–Kier alpha value is -2.89. The highest BCUT2D eigenvalue weighted by molar-refractivity contribution is 5.81. The zero-order chi connectivity index (χ0) is 15.5. The van der Waals surface area contributed by atoms with Crippen molar-refractivity contribution in [2.75, 3.05) is 11.9 Å². The Balaban J connectivity index is 2.12. The number of rotatable bonds is 5. The van der Waals surface area contributed by atoms with Crippen molar-refractivity contribution in [3.8, 4) is 11.5 Å². The van der Waals surface area contributed by atoms with Crippen molar-refractivity contribution in [1.29, 1.82) is 0 Å². The largest absolute Gasteiger partial charge is 0.436 e. The fourth-order valence-electron chi connectivity index (χ4n) is 2.22. The van der Waals surface area contributed by atoms with Crippen LogP contribution in [0.15, 0.2) is 46.9 Å². The van der Waals surface area contributed by atoms with E-state index in [-0.39, 0.29) is 5.69 Å². The minimum absolute atomic E-state index is 0.0132. The third-order valence-corrected chi connectivity index (χ3v) is 3.30. The molecule has 3 rings (SSSR count). The summed E-state index contributed by atoms with van der Waals surface area (Å²) in [7, 11) is 0. The molecule has 0 bridgehead atoms. The van der Waals surface area contributed by atoms with Gasteiger partial charge in [-0.2, -0.15) is 0 Å². The highest BCUT2D eigenvalue weighted by atomic mass is 16.6. The van der Waals surface area contributed by atoms with Crippen LogP contribution < -0.4 is 5.32 Å². The third kappa shape index (κ3) is 2.63. The van der Waals surface area contributed by atoms with Gasteiger partial charge < -0.3 is 9.73 Å². The van der Waals surface area contributed by atoms with Gasteiger partial charge in [-0.3, -0.25) is 10.1 Å². The van der Waals surface area contributed by atoms with Crippen molar-refractivity contribution in [2.24, 2.45) is 0 Å². The van der Waals surface area contributed by atoms with E-state index in [4.69, 9.17) is 4.42 Å². The molecular weight excluding hydrogens is 282 g/mol. The predicted octanol–water partition coefficient (Wildman–Crippen LogP) is 4.22. The molecule has 0 atom stereocenters. The Kier molecular flexibility index (Phi) is 3.74. The van der Waals surface area contributed by atoms with Gasteiger partial charge in [0.05, 0.1) is 10.5 Å². The lowest BCUT2D eigenvalue weighted by Crippen LogP contribution is -2.02. The summed E-state index contributed by atoms with van der Waals surface area (Å²) in [5, 5.41) is 14.3. The van der Waals surface area contributed by atoms with Crippen LogP contribution in [0.3, 0.4) is 0 Å². The number of non-ortho nitro benzene ring substituents is 1. The molecule has 2 aromatic carbocycles. The van der Waals surface area contributed by atoms with Crippen LogP contribution in [-0.2, 0) is 0 Å². The Morgan fingerprint density at radius 3 is 2.82 bits per heavy atom. The maximum absolute atomic E-state index is 11.0. The number of nitro benzene ring substituents is 1. The zero-order valence-corrected chi connectivity index (χ0v) is 12.1. The monoisotopic (exact) mass is 297 g/mol. The van der Waals surface area contributed by atoms with E-state index in [1.54, 1.807) is 6.07 Å². The number of oxazole rings is 1. The first-order chi connectivity index (χ1) is 10.7. The summed E-state index contributed by atoms with van der Waals surface area (Å²) in [5.41, 5.74) is 2.77. The van der Waals surface area contributed by atoms with Crippen molar-refractivity contribution in [3.63, 3.8) is 0 Å². The minimum Gasteiger partial charge on any atom is -0.436 e. The van der Waals surface area contributed by atoms with E-state index >= 15 is 0 Å². The molecule has 0 aliphatic heterocycles. The van der Waals surface area contributed by atoms with Crippen LogP contribution in [-0.4, -0.2) is 16.5 Å². The summed E-state index contributed by atoms with van der Waals surface area (Å²) in [5.74, 6) is 0.378. The molecule has 0 aliphatic carbocycles. The van der Waals surface area contributed by atoms with Crippen molar-refractivity contribution < 1.29 is 9.34 Å². The van der Waals surface area contributed by atoms with Crippen molar-refractivity contribution in [3.05, 3.63) is 52.6 Å². The summed E-state index contributed by atoms with van der Waals surface area (Å²) < 4.78 is 5.74. The van der Waals surface area contributed by atoms with E-state index in [2.05, 4.69) is 17.2 Å². The number of nitrogens with one attached hydrogen (secondary N) is 1. The normalized spacial score (nSPS) is 10.8. The molecule has 1 heterocycles. The van der Waals surface area contributed by atoms with Crippen LogP contribution in [0.1, 0.15) is 13.3 Å². The first-order valence-electron chi connectivity index (χ1n) is 7.07. The lowest BCUT2D eigenvalue weighted by atomic mass is 10.1. The second kappa shape index (κ2) is 5.85. The Bertz CT molecular complexity index is 793. The Morgan fingerprint density at radius 1 is 1.27 bits per heavy atom. The number of para-hydroxylation sites is 2. The predicted molar refractivity (Wildman–Crippen MR) is 84.9 cm³/mol. The molecule has 0 spiro atoms. The summed E-state index contributed by atoms with van der Waals surface area (Å²) >= 11 is 0. The number of nitro groups is 1. The first kappa shape index (κ1) is 14.1. The van der Waals surface area contributed by atoms with Gasteiger partial charge >= 0.3 is 0 Å².